The van der Waals surface area contributed by atoms with E-state index in [0.717, 1.165) is 13.8 Å². The van der Waals surface area contributed by atoms with Crippen molar-refractivity contribution in [3.63, 3.8) is 0 Å². The molecule has 4 unspecified atom stereocenters. The smallest absolute Gasteiger partial charge is 0.346 e. The van der Waals surface area contributed by atoms with Crippen LogP contribution in [0.5, 0.6) is 0 Å². The molecule has 22 heavy (non-hydrogen) atoms. The second-order valence-electron chi connectivity index (χ2n) is 6.60. The maximum absolute atomic E-state index is 13.3. The fourth-order valence-corrected chi connectivity index (χ4v) is 5.58. The molecule has 0 aromatic carbocycles. The van der Waals surface area contributed by atoms with Crippen molar-refractivity contribution in [2.24, 2.45) is 11.8 Å². The van der Waals surface area contributed by atoms with Crippen molar-refractivity contribution in [1.29, 1.82) is 0 Å². The van der Waals surface area contributed by atoms with Crippen LogP contribution in [0.15, 0.2) is 0 Å². The van der Waals surface area contributed by atoms with Crippen molar-refractivity contribution in [3.05, 3.63) is 0 Å². The number of alkyl halides is 1. The van der Waals surface area contributed by atoms with Gasteiger partial charge in [-0.15, -0.1) is 0 Å². The predicted molar refractivity (Wildman–Crippen MR) is 69.6 cm³/mol. The molecule has 0 amide bonds. The van der Waals surface area contributed by atoms with Crippen LogP contribution in [0.4, 0.5) is 4.39 Å². The van der Waals surface area contributed by atoms with Gasteiger partial charge in [0.15, 0.2) is 6.61 Å². The molecule has 2 aliphatic carbocycles. The Balaban J connectivity index is 1.64. The number of rotatable bonds is 4. The molecule has 1 heterocycles. The molecule has 0 spiro atoms. The minimum absolute atomic E-state index is 0.146. The van der Waals surface area contributed by atoms with E-state index in [0.29, 0.717) is 19.3 Å². The molecule has 3 aliphatic rings. The summed E-state index contributed by atoms with van der Waals surface area (Å²) in [5.41, 5.74) is -2.22. The first-order valence-electron chi connectivity index (χ1n) is 7.06. The summed E-state index contributed by atoms with van der Waals surface area (Å²) < 4.78 is 51.9. The fraction of sp³-hybridized carbons (Fsp3) is 0.846. The molecule has 7 nitrogen and oxygen atoms in total. The fourth-order valence-electron chi connectivity index (χ4n) is 3.61. The van der Waals surface area contributed by atoms with Crippen molar-refractivity contribution >= 4 is 22.1 Å². The van der Waals surface area contributed by atoms with Gasteiger partial charge in [0.25, 0.3) is 10.1 Å². The Bertz CT molecular complexity index is 623. The van der Waals surface area contributed by atoms with Gasteiger partial charge >= 0.3 is 11.9 Å². The molecule has 0 N–H and O–H groups in total. The van der Waals surface area contributed by atoms with Crippen molar-refractivity contribution in [1.82, 2.24) is 0 Å². The van der Waals surface area contributed by atoms with Crippen molar-refractivity contribution in [2.75, 3.05) is 6.61 Å². The van der Waals surface area contributed by atoms with Gasteiger partial charge < -0.3 is 9.47 Å². The molecular weight excluding hydrogens is 319 g/mol. The molecule has 0 aromatic heterocycles. The zero-order chi connectivity index (χ0) is 16.3. The van der Waals surface area contributed by atoms with Crippen LogP contribution in [0.25, 0.3) is 0 Å². The highest BCUT2D eigenvalue weighted by Gasteiger charge is 2.70. The molecule has 2 saturated carbocycles. The Morgan fingerprint density at radius 3 is 2.64 bits per heavy atom. The van der Waals surface area contributed by atoms with Gasteiger partial charge in [-0.1, -0.05) is 0 Å². The van der Waals surface area contributed by atoms with Crippen LogP contribution in [0, 0.1) is 11.8 Å². The molecule has 0 radical (unpaired) electrons. The Labute approximate surface area is 127 Å². The third-order valence-electron chi connectivity index (χ3n) is 4.46. The summed E-state index contributed by atoms with van der Waals surface area (Å²) >= 11 is 0. The van der Waals surface area contributed by atoms with E-state index >= 15 is 0 Å². The van der Waals surface area contributed by atoms with Crippen molar-refractivity contribution in [2.45, 2.75) is 49.8 Å². The Morgan fingerprint density at radius 1 is 1.36 bits per heavy atom. The largest absolute Gasteiger partial charge is 0.451 e. The van der Waals surface area contributed by atoms with E-state index in [1.165, 1.54) is 0 Å². The zero-order valence-corrected chi connectivity index (χ0v) is 13.0. The van der Waals surface area contributed by atoms with E-state index in [-0.39, 0.29) is 11.8 Å². The Kier molecular flexibility index (Phi) is 3.30. The number of carbonyl (C=O) groups is 2. The molecular formula is C13H17FO7S. The SMILES string of the molecule is CC(C)(F)C(=O)OCC(=O)OC12CC3CC1C(C3)S(=O)(=O)O2. The number of carbonyl (C=O) groups excluding carboxylic acids is 2. The van der Waals surface area contributed by atoms with E-state index in [1.54, 1.807) is 0 Å². The molecule has 4 atom stereocenters. The van der Waals surface area contributed by atoms with Gasteiger partial charge in [-0.05, 0) is 32.6 Å². The third kappa shape index (κ3) is 2.40. The molecule has 3 fully saturated rings. The second-order valence-corrected chi connectivity index (χ2v) is 8.35. The summed E-state index contributed by atoms with van der Waals surface area (Å²) in [4.78, 5) is 23.1. The highest BCUT2D eigenvalue weighted by Crippen LogP contribution is 2.60. The van der Waals surface area contributed by atoms with Crippen molar-refractivity contribution < 1.29 is 36.1 Å². The van der Waals surface area contributed by atoms with Gasteiger partial charge in [0.2, 0.25) is 11.5 Å². The summed E-state index contributed by atoms with van der Waals surface area (Å²) in [6, 6.07) is 0. The minimum Gasteiger partial charge on any atom is -0.451 e. The Morgan fingerprint density at radius 2 is 2.05 bits per heavy atom. The normalized spacial score (nSPS) is 38.0. The van der Waals surface area contributed by atoms with Gasteiger partial charge in [-0.25, -0.2) is 18.2 Å². The van der Waals surface area contributed by atoms with Gasteiger partial charge in [0.05, 0.1) is 5.25 Å². The molecule has 0 aromatic rings. The number of hydrogen-bond donors (Lipinski definition) is 0. The van der Waals surface area contributed by atoms with E-state index in [2.05, 4.69) is 4.74 Å². The quantitative estimate of drug-likeness (QED) is 0.550. The molecule has 1 saturated heterocycles. The second kappa shape index (κ2) is 4.64. The maximum atomic E-state index is 13.3. The van der Waals surface area contributed by atoms with Gasteiger partial charge in [0, 0.05) is 12.3 Å². The molecule has 2 bridgehead atoms. The number of esters is 2. The zero-order valence-electron chi connectivity index (χ0n) is 12.2. The summed E-state index contributed by atoms with van der Waals surface area (Å²) in [5, 5.41) is -0.633. The first kappa shape index (κ1) is 15.7. The van der Waals surface area contributed by atoms with Crippen LogP contribution in [-0.2, 0) is 33.4 Å². The highest BCUT2D eigenvalue weighted by atomic mass is 32.2. The standard InChI is InChI=1S/C13H17FO7S/c1-12(2,14)11(16)19-6-10(15)20-13-5-7-3-8(13)9(4-7)22(17,18)21-13/h7-9H,3-6H2,1-2H3. The molecule has 9 heteroatoms. The van der Waals surface area contributed by atoms with Crippen LogP contribution in [0.2, 0.25) is 0 Å². The average molecular weight is 336 g/mol. The van der Waals surface area contributed by atoms with Crippen LogP contribution in [-0.4, -0.2) is 43.7 Å². The van der Waals surface area contributed by atoms with E-state index in [9.17, 15) is 22.4 Å². The number of hydrogen-bond acceptors (Lipinski definition) is 7. The van der Waals surface area contributed by atoms with E-state index in [1.807, 2.05) is 0 Å². The van der Waals surface area contributed by atoms with Crippen LogP contribution in [0.1, 0.15) is 33.1 Å². The maximum Gasteiger partial charge on any atom is 0.346 e. The third-order valence-corrected chi connectivity index (χ3v) is 6.24. The van der Waals surface area contributed by atoms with Crippen LogP contribution >= 0.6 is 0 Å². The number of halogens is 1. The first-order valence-corrected chi connectivity index (χ1v) is 8.53. The number of fused-ring (bicyclic) bond motifs is 1. The predicted octanol–water partition coefficient (Wildman–Crippen LogP) is 0.676. The average Bonchev–Trinajstić information content (AvgIpc) is 2.93. The lowest BCUT2D eigenvalue weighted by Gasteiger charge is -2.29. The topological polar surface area (TPSA) is 96.0 Å². The molecule has 124 valence electrons. The van der Waals surface area contributed by atoms with Gasteiger partial charge in [-0.3, -0.25) is 0 Å². The summed E-state index contributed by atoms with van der Waals surface area (Å²) in [6.07, 6.45) is 1.48. The summed E-state index contributed by atoms with van der Waals surface area (Å²) in [7, 11) is -3.73. The van der Waals surface area contributed by atoms with Gasteiger partial charge in [-0.2, -0.15) is 8.42 Å². The summed E-state index contributed by atoms with van der Waals surface area (Å²) in [6.45, 7) is 1.23. The van der Waals surface area contributed by atoms with Crippen molar-refractivity contribution in [3.8, 4) is 0 Å². The monoisotopic (exact) mass is 336 g/mol. The molecule has 3 rings (SSSR count). The van der Waals surface area contributed by atoms with Crippen LogP contribution < -0.4 is 0 Å². The number of ether oxygens (including phenoxy) is 2. The van der Waals surface area contributed by atoms with E-state index in [4.69, 9.17) is 8.92 Å². The Hall–Kier alpha value is -1.22. The summed E-state index contributed by atoms with van der Waals surface area (Å²) in [5.74, 6) is -3.83. The van der Waals surface area contributed by atoms with Gasteiger partial charge in [0.1, 0.15) is 0 Å². The minimum atomic E-state index is -3.73. The highest BCUT2D eigenvalue weighted by molar-refractivity contribution is 7.87. The molecule has 1 aliphatic heterocycles. The lowest BCUT2D eigenvalue weighted by Crippen LogP contribution is -2.41. The van der Waals surface area contributed by atoms with Crippen LogP contribution in [0.3, 0.4) is 0 Å². The first-order chi connectivity index (χ1) is 10.0. The lowest BCUT2D eigenvalue weighted by molar-refractivity contribution is -0.209. The lowest BCUT2D eigenvalue weighted by atomic mass is 9.94. The van der Waals surface area contributed by atoms with E-state index < -0.39 is 45.4 Å².